The van der Waals surface area contributed by atoms with Crippen molar-refractivity contribution >= 4 is 42.1 Å². The number of hydrogen-bond acceptors (Lipinski definition) is 10. The predicted octanol–water partition coefficient (Wildman–Crippen LogP) is 2.15. The fourth-order valence-corrected chi connectivity index (χ4v) is 3.89. The van der Waals surface area contributed by atoms with Crippen LogP contribution in [0.25, 0.3) is 10.4 Å². The Hall–Kier alpha value is -3.28. The van der Waals surface area contributed by atoms with Crippen LogP contribution in [0, 0.1) is 0 Å². The molecular formula is C20H24N4O8S. The molecule has 1 aromatic rings. The number of anilines is 1. The Labute approximate surface area is 194 Å². The molecule has 1 unspecified atom stereocenters. The largest absolute Gasteiger partial charge is 0.463 e. The van der Waals surface area contributed by atoms with Gasteiger partial charge in [-0.3, -0.25) is 19.2 Å². The third kappa shape index (κ3) is 6.85. The summed E-state index contributed by atoms with van der Waals surface area (Å²) in [5.74, 6) is -2.88. The van der Waals surface area contributed by atoms with E-state index in [0.717, 1.165) is 20.8 Å². The van der Waals surface area contributed by atoms with Crippen molar-refractivity contribution in [3.8, 4) is 0 Å². The average molecular weight is 480 g/mol. The number of benzene rings is 1. The Morgan fingerprint density at radius 3 is 2.36 bits per heavy atom. The van der Waals surface area contributed by atoms with Gasteiger partial charge < -0.3 is 24.3 Å². The molecule has 33 heavy (non-hydrogen) atoms. The minimum absolute atomic E-state index is 0.456. The number of thiol groups is 1. The van der Waals surface area contributed by atoms with Crippen molar-refractivity contribution in [3.05, 3.63) is 40.8 Å². The second-order valence-electron chi connectivity index (χ2n) is 7.18. The SMILES string of the molecule is CC(=O)OC[C@@H]1O[C@@H](S)[C@@H](OC(C)=O)[C@H](N=[N+]=[N-])C1(CC(=O)Nc1ccccc1)OC(C)=O. The summed E-state index contributed by atoms with van der Waals surface area (Å²) in [7, 11) is 0. The van der Waals surface area contributed by atoms with Crippen molar-refractivity contribution in [2.24, 2.45) is 5.11 Å². The molecule has 0 aliphatic carbocycles. The number of hydrogen-bond donors (Lipinski definition) is 2. The van der Waals surface area contributed by atoms with Crippen molar-refractivity contribution in [2.75, 3.05) is 11.9 Å². The Morgan fingerprint density at radius 2 is 1.82 bits per heavy atom. The standard InChI is InChI=1S/C20H24N4O8S/c1-11(25)29-10-15-20(32-13(3)27,9-16(28)22-14-7-5-4-6-8-14)18(23-24-21)17(19(33)31-15)30-12(2)26/h4-8,15,17-19,33H,9-10H2,1-3H3,(H,22,28)/t15-,17-,18-,19-,20?/m0/s1. The molecule has 1 aromatic carbocycles. The van der Waals surface area contributed by atoms with Crippen LogP contribution in [0.4, 0.5) is 5.69 Å². The van der Waals surface area contributed by atoms with Gasteiger partial charge in [-0.25, -0.2) is 0 Å². The van der Waals surface area contributed by atoms with Gasteiger partial charge in [-0.05, 0) is 17.7 Å². The second-order valence-corrected chi connectivity index (χ2v) is 7.69. The first kappa shape index (κ1) is 26.0. The van der Waals surface area contributed by atoms with Crippen molar-refractivity contribution in [2.45, 2.75) is 56.5 Å². The summed E-state index contributed by atoms with van der Waals surface area (Å²) in [5.41, 5.74) is 6.54. The van der Waals surface area contributed by atoms with E-state index in [4.69, 9.17) is 18.9 Å². The third-order valence-electron chi connectivity index (χ3n) is 4.69. The Kier molecular flexibility index (Phi) is 9.09. The van der Waals surface area contributed by atoms with Crippen LogP contribution in [0.3, 0.4) is 0 Å². The van der Waals surface area contributed by atoms with Crippen LogP contribution >= 0.6 is 12.6 Å². The maximum atomic E-state index is 13.0. The maximum Gasteiger partial charge on any atom is 0.303 e. The highest BCUT2D eigenvalue weighted by Gasteiger charge is 2.60. The van der Waals surface area contributed by atoms with Crippen LogP contribution in [0.15, 0.2) is 35.4 Å². The molecule has 1 heterocycles. The molecule has 1 amide bonds. The fourth-order valence-electron chi connectivity index (χ4n) is 3.52. The van der Waals surface area contributed by atoms with Crippen LogP contribution in [0.1, 0.15) is 27.2 Å². The number of nitrogens with zero attached hydrogens (tertiary/aromatic N) is 3. The van der Waals surface area contributed by atoms with Crippen molar-refractivity contribution in [1.82, 2.24) is 0 Å². The zero-order chi connectivity index (χ0) is 24.6. The van der Waals surface area contributed by atoms with Crippen molar-refractivity contribution in [3.63, 3.8) is 0 Å². The zero-order valence-electron chi connectivity index (χ0n) is 18.2. The molecular weight excluding hydrogens is 456 g/mol. The Morgan fingerprint density at radius 1 is 1.15 bits per heavy atom. The van der Waals surface area contributed by atoms with E-state index in [2.05, 4.69) is 28.0 Å². The summed E-state index contributed by atoms with van der Waals surface area (Å²) >= 11 is 4.26. The van der Waals surface area contributed by atoms with E-state index in [1.165, 1.54) is 0 Å². The highest BCUT2D eigenvalue weighted by atomic mass is 32.1. The van der Waals surface area contributed by atoms with Gasteiger partial charge in [0.2, 0.25) is 5.91 Å². The maximum absolute atomic E-state index is 13.0. The third-order valence-corrected chi connectivity index (χ3v) is 5.10. The van der Waals surface area contributed by atoms with Gasteiger partial charge in [0.15, 0.2) is 5.60 Å². The first-order valence-corrected chi connectivity index (χ1v) is 10.3. The Balaban J connectivity index is 2.56. The highest BCUT2D eigenvalue weighted by molar-refractivity contribution is 7.80. The molecule has 0 saturated carbocycles. The lowest BCUT2D eigenvalue weighted by Crippen LogP contribution is -2.68. The van der Waals surface area contributed by atoms with Gasteiger partial charge in [0.05, 0.1) is 6.42 Å². The molecule has 1 aliphatic heterocycles. The minimum Gasteiger partial charge on any atom is -0.463 e. The first-order valence-electron chi connectivity index (χ1n) is 9.82. The van der Waals surface area contributed by atoms with E-state index in [1.54, 1.807) is 30.3 Å². The van der Waals surface area contributed by atoms with Gasteiger partial charge >= 0.3 is 17.9 Å². The van der Waals surface area contributed by atoms with Gasteiger partial charge in [0.1, 0.15) is 30.3 Å². The number of nitrogens with one attached hydrogen (secondary N) is 1. The molecule has 0 aromatic heterocycles. The van der Waals surface area contributed by atoms with Crippen molar-refractivity contribution in [1.29, 1.82) is 0 Å². The lowest BCUT2D eigenvalue weighted by molar-refractivity contribution is -0.236. The topological polar surface area (TPSA) is 166 Å². The molecule has 0 bridgehead atoms. The van der Waals surface area contributed by atoms with E-state index in [9.17, 15) is 24.7 Å². The van der Waals surface area contributed by atoms with Crippen LogP contribution in [-0.2, 0) is 38.1 Å². The molecule has 0 spiro atoms. The predicted molar refractivity (Wildman–Crippen MR) is 117 cm³/mol. The lowest BCUT2D eigenvalue weighted by atomic mass is 9.79. The van der Waals surface area contributed by atoms with E-state index in [1.807, 2.05) is 0 Å². The fraction of sp³-hybridized carbons (Fsp3) is 0.500. The number of azide groups is 1. The van der Waals surface area contributed by atoms with Crippen molar-refractivity contribution < 1.29 is 38.1 Å². The minimum atomic E-state index is -1.99. The Bertz CT molecular complexity index is 939. The summed E-state index contributed by atoms with van der Waals surface area (Å²) in [4.78, 5) is 51.0. The summed E-state index contributed by atoms with van der Waals surface area (Å²) in [5, 5.41) is 6.34. The van der Waals surface area contributed by atoms with Gasteiger partial charge in [0.25, 0.3) is 0 Å². The van der Waals surface area contributed by atoms with Crippen LogP contribution in [0.2, 0.25) is 0 Å². The number of rotatable bonds is 8. The second kappa shape index (κ2) is 11.5. The number of para-hydroxylation sites is 1. The molecule has 1 fully saturated rings. The van der Waals surface area contributed by atoms with E-state index < -0.39 is 66.1 Å². The molecule has 0 radical (unpaired) electrons. The van der Waals surface area contributed by atoms with Crippen LogP contribution in [-0.4, -0.2) is 59.7 Å². The molecule has 1 N–H and O–H groups in total. The zero-order valence-corrected chi connectivity index (χ0v) is 19.1. The number of carbonyl (C=O) groups is 4. The normalized spacial score (nSPS) is 26.3. The van der Waals surface area contributed by atoms with E-state index in [-0.39, 0.29) is 0 Å². The number of ether oxygens (including phenoxy) is 4. The number of amides is 1. The van der Waals surface area contributed by atoms with Gasteiger partial charge in [-0.1, -0.05) is 23.3 Å². The smallest absolute Gasteiger partial charge is 0.303 e. The summed E-state index contributed by atoms with van der Waals surface area (Å²) in [6, 6.07) is 7.01. The van der Waals surface area contributed by atoms with Gasteiger partial charge in [-0.2, -0.15) is 0 Å². The monoisotopic (exact) mass is 480 g/mol. The first-order chi connectivity index (χ1) is 15.6. The van der Waals surface area contributed by atoms with E-state index >= 15 is 0 Å². The molecule has 1 aliphatic rings. The number of esters is 3. The molecule has 13 heteroatoms. The lowest BCUT2D eigenvalue weighted by Gasteiger charge is -2.50. The van der Waals surface area contributed by atoms with Gasteiger partial charge in [0, 0.05) is 31.4 Å². The van der Waals surface area contributed by atoms with Crippen LogP contribution in [0.5, 0.6) is 0 Å². The molecule has 1 saturated heterocycles. The summed E-state index contributed by atoms with van der Waals surface area (Å²) < 4.78 is 21.6. The quantitative estimate of drug-likeness (QED) is 0.143. The van der Waals surface area contributed by atoms with Crippen LogP contribution < -0.4 is 5.32 Å². The summed E-state index contributed by atoms with van der Waals surface area (Å²) in [6.07, 6.45) is -3.18. The van der Waals surface area contributed by atoms with Gasteiger partial charge in [-0.15, -0.1) is 12.6 Å². The molecule has 12 nitrogen and oxygen atoms in total. The summed E-state index contributed by atoms with van der Waals surface area (Å²) in [6.45, 7) is 2.90. The number of carbonyl (C=O) groups excluding carboxylic acids is 4. The molecule has 5 atom stereocenters. The van der Waals surface area contributed by atoms with E-state index in [0.29, 0.717) is 5.69 Å². The molecule has 2 rings (SSSR count). The average Bonchev–Trinajstić information content (AvgIpc) is 2.72. The highest BCUT2D eigenvalue weighted by Crippen LogP contribution is 2.41. The molecule has 178 valence electrons.